The summed E-state index contributed by atoms with van der Waals surface area (Å²) in [5.74, 6) is -2.33. The highest BCUT2D eigenvalue weighted by Gasteiger charge is 2.41. The zero-order chi connectivity index (χ0) is 14.4. The monoisotopic (exact) mass is 274 g/mol. The first kappa shape index (κ1) is 12.3. The second-order valence-electron chi connectivity index (χ2n) is 4.74. The maximum Gasteiger partial charge on any atom is 0.335 e. The van der Waals surface area contributed by atoms with Crippen LogP contribution in [0.2, 0.25) is 0 Å². The maximum absolute atomic E-state index is 12.2. The smallest absolute Gasteiger partial charge is 0.335 e. The highest BCUT2D eigenvalue weighted by molar-refractivity contribution is 6.09. The lowest BCUT2D eigenvalue weighted by Crippen LogP contribution is -2.40. The van der Waals surface area contributed by atoms with E-state index in [0.717, 1.165) is 0 Å². The average molecular weight is 274 g/mol. The number of nitrogens with zero attached hydrogens (tertiary/aromatic N) is 1. The van der Waals surface area contributed by atoms with Gasteiger partial charge < -0.3 is 10.0 Å². The van der Waals surface area contributed by atoms with Gasteiger partial charge in [0.1, 0.15) is 6.04 Å². The lowest BCUT2D eigenvalue weighted by Gasteiger charge is -2.20. The highest BCUT2D eigenvalue weighted by atomic mass is 16.4. The second-order valence-corrected chi connectivity index (χ2v) is 4.74. The number of imide groups is 1. The third-order valence-corrected chi connectivity index (χ3v) is 3.50. The molecule has 2 aliphatic rings. The fourth-order valence-electron chi connectivity index (χ4n) is 2.52. The van der Waals surface area contributed by atoms with E-state index in [1.54, 1.807) is 0 Å². The second kappa shape index (κ2) is 4.16. The number of nitrogens with one attached hydrogen (secondary N) is 1. The van der Waals surface area contributed by atoms with Crippen molar-refractivity contribution in [3.8, 4) is 0 Å². The fraction of sp³-hybridized carbons (Fsp3) is 0.231. The van der Waals surface area contributed by atoms with Crippen molar-refractivity contribution in [2.45, 2.75) is 19.0 Å². The van der Waals surface area contributed by atoms with Gasteiger partial charge in [-0.2, -0.15) is 0 Å². The van der Waals surface area contributed by atoms with Crippen molar-refractivity contribution in [2.75, 3.05) is 0 Å². The Hall–Kier alpha value is -2.70. The number of fused-ring (bicyclic) bond motifs is 1. The molecule has 2 N–H and O–H groups in total. The van der Waals surface area contributed by atoms with Gasteiger partial charge in [-0.05, 0) is 23.8 Å². The molecule has 0 aliphatic carbocycles. The van der Waals surface area contributed by atoms with E-state index in [0.29, 0.717) is 11.1 Å². The Morgan fingerprint density at radius 1 is 1.30 bits per heavy atom. The van der Waals surface area contributed by atoms with Crippen LogP contribution in [0.5, 0.6) is 0 Å². The largest absolute Gasteiger partial charge is 0.478 e. The summed E-state index contributed by atoms with van der Waals surface area (Å²) < 4.78 is 0. The van der Waals surface area contributed by atoms with E-state index >= 15 is 0 Å². The van der Waals surface area contributed by atoms with E-state index in [1.165, 1.54) is 23.1 Å². The third-order valence-electron chi connectivity index (χ3n) is 3.50. The average Bonchev–Trinajstić information content (AvgIpc) is 2.89. The fourth-order valence-corrected chi connectivity index (χ4v) is 2.52. The van der Waals surface area contributed by atoms with Crippen LogP contribution in [0.25, 0.3) is 0 Å². The van der Waals surface area contributed by atoms with Crippen LogP contribution in [0, 0.1) is 0 Å². The molecule has 7 heteroatoms. The first-order valence-electron chi connectivity index (χ1n) is 5.98. The number of carbonyl (C=O) groups is 4. The zero-order valence-electron chi connectivity index (χ0n) is 10.3. The molecule has 1 aromatic rings. The molecule has 2 heterocycles. The number of hydrogen-bond acceptors (Lipinski definition) is 4. The molecule has 2 aliphatic heterocycles. The standard InChI is InChI=1S/C13H10N2O5/c16-10-4-9(11(17)14-10)15-5-7-3-6(13(19)20)1-2-8(7)12(15)18/h1-3,9H,4-5H2,(H,19,20)(H,14,16,17). The van der Waals surface area contributed by atoms with E-state index in [-0.39, 0.29) is 24.4 Å². The summed E-state index contributed by atoms with van der Waals surface area (Å²) in [5, 5.41) is 11.1. The Morgan fingerprint density at radius 2 is 2.05 bits per heavy atom. The summed E-state index contributed by atoms with van der Waals surface area (Å²) in [4.78, 5) is 47.2. The Bertz CT molecular complexity index is 667. The molecule has 20 heavy (non-hydrogen) atoms. The molecular weight excluding hydrogens is 264 g/mol. The van der Waals surface area contributed by atoms with Crippen LogP contribution in [0.3, 0.4) is 0 Å². The number of carbonyl (C=O) groups excluding carboxylic acids is 3. The van der Waals surface area contributed by atoms with Gasteiger partial charge in [0.05, 0.1) is 12.0 Å². The summed E-state index contributed by atoms with van der Waals surface area (Å²) in [5.41, 5.74) is 1.02. The predicted molar refractivity (Wildman–Crippen MR) is 64.8 cm³/mol. The van der Waals surface area contributed by atoms with Crippen molar-refractivity contribution in [3.63, 3.8) is 0 Å². The first-order chi connectivity index (χ1) is 9.47. The number of carboxylic acids is 1. The minimum atomic E-state index is -1.08. The molecule has 1 unspecified atom stereocenters. The van der Waals surface area contributed by atoms with Gasteiger partial charge in [0, 0.05) is 12.1 Å². The number of hydrogen-bond donors (Lipinski definition) is 2. The molecule has 0 bridgehead atoms. The number of rotatable bonds is 2. The van der Waals surface area contributed by atoms with Crippen molar-refractivity contribution < 1.29 is 24.3 Å². The summed E-state index contributed by atoms with van der Waals surface area (Å²) in [7, 11) is 0. The number of benzene rings is 1. The van der Waals surface area contributed by atoms with E-state index in [4.69, 9.17) is 5.11 Å². The Kier molecular flexibility index (Phi) is 2.56. The lowest BCUT2D eigenvalue weighted by atomic mass is 10.1. The highest BCUT2D eigenvalue weighted by Crippen LogP contribution is 2.27. The van der Waals surface area contributed by atoms with Gasteiger partial charge >= 0.3 is 5.97 Å². The lowest BCUT2D eigenvalue weighted by molar-refractivity contribution is -0.126. The molecule has 1 aromatic carbocycles. The van der Waals surface area contributed by atoms with Crippen molar-refractivity contribution in [3.05, 3.63) is 34.9 Å². The molecular formula is C13H10N2O5. The van der Waals surface area contributed by atoms with Crippen molar-refractivity contribution in [2.24, 2.45) is 0 Å². The van der Waals surface area contributed by atoms with Gasteiger partial charge in [0.15, 0.2) is 0 Å². The van der Waals surface area contributed by atoms with Gasteiger partial charge in [-0.25, -0.2) is 4.79 Å². The summed E-state index contributed by atoms with van der Waals surface area (Å²) in [6.07, 6.45) is -0.0512. The van der Waals surface area contributed by atoms with Gasteiger partial charge in [0.2, 0.25) is 11.8 Å². The Morgan fingerprint density at radius 3 is 2.65 bits per heavy atom. The van der Waals surface area contributed by atoms with Crippen LogP contribution >= 0.6 is 0 Å². The summed E-state index contributed by atoms with van der Waals surface area (Å²) in [6.45, 7) is 0.140. The van der Waals surface area contributed by atoms with Crippen molar-refractivity contribution >= 4 is 23.7 Å². The van der Waals surface area contributed by atoms with E-state index in [1.807, 2.05) is 0 Å². The van der Waals surface area contributed by atoms with E-state index in [9.17, 15) is 19.2 Å². The van der Waals surface area contributed by atoms with Gasteiger partial charge in [0.25, 0.3) is 5.91 Å². The molecule has 1 saturated heterocycles. The molecule has 0 saturated carbocycles. The molecule has 1 fully saturated rings. The van der Waals surface area contributed by atoms with Crippen LogP contribution in [0.15, 0.2) is 18.2 Å². The van der Waals surface area contributed by atoms with Gasteiger partial charge in [-0.15, -0.1) is 0 Å². The molecule has 1 atom stereocenters. The quantitative estimate of drug-likeness (QED) is 0.724. The number of aromatic carboxylic acids is 1. The molecule has 102 valence electrons. The predicted octanol–water partition coefficient (Wildman–Crippen LogP) is -0.244. The van der Waals surface area contributed by atoms with Crippen LogP contribution in [-0.4, -0.2) is 39.7 Å². The number of amides is 3. The van der Waals surface area contributed by atoms with Crippen LogP contribution < -0.4 is 5.32 Å². The Balaban J connectivity index is 1.92. The Labute approximate surface area is 113 Å². The maximum atomic E-state index is 12.2. The van der Waals surface area contributed by atoms with E-state index < -0.39 is 23.8 Å². The van der Waals surface area contributed by atoms with Crippen molar-refractivity contribution in [1.29, 1.82) is 0 Å². The summed E-state index contributed by atoms with van der Waals surface area (Å²) in [6, 6.07) is 3.40. The minimum Gasteiger partial charge on any atom is -0.478 e. The topological polar surface area (TPSA) is 104 Å². The van der Waals surface area contributed by atoms with E-state index in [2.05, 4.69) is 5.32 Å². The number of carboxylic acid groups (broad SMARTS) is 1. The minimum absolute atomic E-state index is 0.0512. The molecule has 3 rings (SSSR count). The molecule has 7 nitrogen and oxygen atoms in total. The molecule has 0 aromatic heterocycles. The molecule has 3 amide bonds. The molecule has 0 spiro atoms. The van der Waals surface area contributed by atoms with Crippen LogP contribution in [0.4, 0.5) is 0 Å². The summed E-state index contributed by atoms with van der Waals surface area (Å²) >= 11 is 0. The van der Waals surface area contributed by atoms with Gasteiger partial charge in [-0.3, -0.25) is 19.7 Å². The normalized spacial score (nSPS) is 21.1. The van der Waals surface area contributed by atoms with Crippen LogP contribution in [0.1, 0.15) is 32.7 Å². The van der Waals surface area contributed by atoms with Crippen LogP contribution in [-0.2, 0) is 16.1 Å². The van der Waals surface area contributed by atoms with Gasteiger partial charge in [-0.1, -0.05) is 0 Å². The van der Waals surface area contributed by atoms with Crippen molar-refractivity contribution in [1.82, 2.24) is 10.2 Å². The third kappa shape index (κ3) is 1.75. The zero-order valence-corrected chi connectivity index (χ0v) is 10.3. The first-order valence-corrected chi connectivity index (χ1v) is 5.98. The SMILES string of the molecule is O=C1CC(N2Cc3cc(C(=O)O)ccc3C2=O)C(=O)N1. The molecule has 0 radical (unpaired) electrons.